The highest BCUT2D eigenvalue weighted by Crippen LogP contribution is 2.19. The highest BCUT2D eigenvalue weighted by molar-refractivity contribution is 7.99. The largest absolute Gasteiger partial charge is 0.872 e. The number of rotatable bonds is 7. The maximum atomic E-state index is 12.0. The van der Waals surface area contributed by atoms with Gasteiger partial charge in [-0.25, -0.2) is 9.99 Å². The number of amides is 1. The van der Waals surface area contributed by atoms with Crippen molar-refractivity contribution in [2.75, 3.05) is 5.75 Å². The van der Waals surface area contributed by atoms with Gasteiger partial charge in [0, 0.05) is 5.02 Å². The Kier molecular flexibility index (Phi) is 6.67. The number of hydrogen-bond acceptors (Lipinski definition) is 5. The highest BCUT2D eigenvalue weighted by Gasteiger charge is 2.21. The zero-order valence-corrected chi connectivity index (χ0v) is 16.6. The van der Waals surface area contributed by atoms with Crippen LogP contribution in [0.3, 0.4) is 0 Å². The van der Waals surface area contributed by atoms with Gasteiger partial charge in [-0.05, 0) is 48.5 Å². The minimum absolute atomic E-state index is 0.107. The molecule has 0 radical (unpaired) electrons. The SMILES string of the molecule is CC[n+]1c(SCC(=O)NN=Cc2cccc([O-])c2)n[nH]c1-c1ccc(Cl)cc1. The monoisotopic (exact) mass is 415 g/mol. The van der Waals surface area contributed by atoms with Gasteiger partial charge in [0.1, 0.15) is 0 Å². The van der Waals surface area contributed by atoms with Crippen LogP contribution in [0.25, 0.3) is 11.4 Å². The lowest BCUT2D eigenvalue weighted by molar-refractivity contribution is -0.719. The maximum Gasteiger partial charge on any atom is 0.337 e. The first-order valence-corrected chi connectivity index (χ1v) is 9.89. The first-order chi connectivity index (χ1) is 13.6. The van der Waals surface area contributed by atoms with Crippen molar-refractivity contribution in [3.63, 3.8) is 0 Å². The molecule has 1 amide bonds. The predicted octanol–water partition coefficient (Wildman–Crippen LogP) is 2.35. The number of benzene rings is 2. The number of nitrogens with one attached hydrogen (secondary N) is 2. The second kappa shape index (κ2) is 9.38. The average molecular weight is 416 g/mol. The summed E-state index contributed by atoms with van der Waals surface area (Å²) in [6.07, 6.45) is 1.43. The van der Waals surface area contributed by atoms with Gasteiger partial charge < -0.3 is 5.11 Å². The van der Waals surface area contributed by atoms with Crippen LogP contribution < -0.4 is 15.1 Å². The summed E-state index contributed by atoms with van der Waals surface area (Å²) in [5.41, 5.74) is 4.04. The van der Waals surface area contributed by atoms with Crippen molar-refractivity contribution < 1.29 is 14.5 Å². The quantitative estimate of drug-likeness (QED) is 0.268. The molecule has 0 aliphatic carbocycles. The highest BCUT2D eigenvalue weighted by atomic mass is 35.5. The molecule has 0 aliphatic rings. The van der Waals surface area contributed by atoms with Crippen LogP contribution in [0.2, 0.25) is 5.02 Å². The van der Waals surface area contributed by atoms with Crippen LogP contribution in [0.1, 0.15) is 12.5 Å². The van der Waals surface area contributed by atoms with Crippen molar-refractivity contribution in [3.8, 4) is 17.1 Å². The summed E-state index contributed by atoms with van der Waals surface area (Å²) in [5, 5.41) is 23.8. The topological polar surface area (TPSA) is 97.1 Å². The minimum Gasteiger partial charge on any atom is -0.872 e. The Bertz CT molecular complexity index is 988. The van der Waals surface area contributed by atoms with E-state index in [2.05, 4.69) is 20.7 Å². The molecule has 0 aliphatic heterocycles. The molecule has 2 N–H and O–H groups in total. The molecule has 28 heavy (non-hydrogen) atoms. The van der Waals surface area contributed by atoms with Gasteiger partial charge in [0.05, 0.1) is 29.2 Å². The van der Waals surface area contributed by atoms with Gasteiger partial charge in [-0.1, -0.05) is 35.9 Å². The summed E-state index contributed by atoms with van der Waals surface area (Å²) in [7, 11) is 0. The number of hydrogen-bond donors (Lipinski definition) is 2. The first-order valence-electron chi connectivity index (χ1n) is 8.52. The number of halogens is 1. The van der Waals surface area contributed by atoms with Gasteiger partial charge >= 0.3 is 5.16 Å². The molecule has 3 rings (SSSR count). The zero-order valence-electron chi connectivity index (χ0n) is 15.1. The molecule has 0 saturated heterocycles. The fourth-order valence-corrected chi connectivity index (χ4v) is 3.42. The Morgan fingerprint density at radius 2 is 2.14 bits per heavy atom. The Balaban J connectivity index is 1.59. The molecule has 0 fully saturated rings. The number of aromatic amines is 1. The van der Waals surface area contributed by atoms with E-state index in [-0.39, 0.29) is 17.4 Å². The third-order valence-electron chi connectivity index (χ3n) is 3.79. The fraction of sp³-hybridized carbons (Fsp3) is 0.158. The second-order valence-corrected chi connectivity index (χ2v) is 7.14. The number of carbonyl (C=O) groups excluding carboxylic acids is 1. The molecule has 0 bridgehead atoms. The molecule has 0 saturated carbocycles. The minimum atomic E-state index is -0.266. The van der Waals surface area contributed by atoms with Crippen molar-refractivity contribution in [2.24, 2.45) is 5.10 Å². The molecule has 1 aromatic heterocycles. The molecule has 0 spiro atoms. The van der Waals surface area contributed by atoms with Crippen LogP contribution in [0.4, 0.5) is 0 Å². The van der Waals surface area contributed by atoms with E-state index in [0.717, 1.165) is 11.4 Å². The number of aromatic nitrogens is 3. The second-order valence-electron chi connectivity index (χ2n) is 5.76. The molecular formula is C19H18ClN5O2S. The number of H-pyrrole nitrogens is 1. The number of carbonyl (C=O) groups is 1. The summed E-state index contributed by atoms with van der Waals surface area (Å²) in [5.74, 6) is 0.630. The first kappa shape index (κ1) is 19.9. The number of hydrazone groups is 1. The van der Waals surface area contributed by atoms with E-state index in [1.807, 2.05) is 35.8 Å². The lowest BCUT2D eigenvalue weighted by Crippen LogP contribution is -2.36. The lowest BCUT2D eigenvalue weighted by Gasteiger charge is -2.04. The average Bonchev–Trinajstić information content (AvgIpc) is 3.10. The van der Waals surface area contributed by atoms with Crippen LogP contribution in [-0.4, -0.2) is 28.1 Å². The molecular weight excluding hydrogens is 398 g/mol. The number of nitrogens with zero attached hydrogens (tertiary/aromatic N) is 3. The van der Waals surface area contributed by atoms with Gasteiger partial charge in [0.25, 0.3) is 11.7 Å². The summed E-state index contributed by atoms with van der Waals surface area (Å²) in [4.78, 5) is 12.0. The van der Waals surface area contributed by atoms with Crippen molar-refractivity contribution in [1.82, 2.24) is 15.6 Å². The van der Waals surface area contributed by atoms with Crippen molar-refractivity contribution in [1.29, 1.82) is 0 Å². The fourth-order valence-electron chi connectivity index (χ4n) is 2.48. The van der Waals surface area contributed by atoms with Gasteiger partial charge in [-0.3, -0.25) is 4.79 Å². The van der Waals surface area contributed by atoms with E-state index < -0.39 is 0 Å². The Morgan fingerprint density at radius 1 is 1.36 bits per heavy atom. The molecule has 0 atom stereocenters. The van der Waals surface area contributed by atoms with Crippen LogP contribution in [0, 0.1) is 0 Å². The molecule has 0 unspecified atom stereocenters. The van der Waals surface area contributed by atoms with E-state index in [1.165, 1.54) is 30.1 Å². The van der Waals surface area contributed by atoms with Crippen molar-refractivity contribution in [2.45, 2.75) is 18.6 Å². The van der Waals surface area contributed by atoms with Crippen LogP contribution in [0.5, 0.6) is 5.75 Å². The van der Waals surface area contributed by atoms with Crippen molar-refractivity contribution >= 4 is 35.5 Å². The van der Waals surface area contributed by atoms with Gasteiger partial charge in [0.2, 0.25) is 0 Å². The van der Waals surface area contributed by atoms with E-state index in [0.29, 0.717) is 22.3 Å². The van der Waals surface area contributed by atoms with Crippen LogP contribution in [0.15, 0.2) is 58.8 Å². The Hall–Kier alpha value is -2.84. The van der Waals surface area contributed by atoms with Crippen LogP contribution in [-0.2, 0) is 11.3 Å². The van der Waals surface area contributed by atoms with Gasteiger partial charge in [0.15, 0.2) is 0 Å². The maximum absolute atomic E-state index is 12.0. The van der Waals surface area contributed by atoms with E-state index >= 15 is 0 Å². The molecule has 7 nitrogen and oxygen atoms in total. The summed E-state index contributed by atoms with van der Waals surface area (Å²) >= 11 is 7.25. The third-order valence-corrected chi connectivity index (χ3v) is 5.01. The third kappa shape index (κ3) is 5.11. The zero-order chi connectivity index (χ0) is 19.9. The Morgan fingerprint density at radius 3 is 2.86 bits per heavy atom. The van der Waals surface area contributed by atoms with E-state index in [1.54, 1.807) is 12.1 Å². The predicted molar refractivity (Wildman–Crippen MR) is 107 cm³/mol. The summed E-state index contributed by atoms with van der Waals surface area (Å²) in [6, 6.07) is 13.7. The van der Waals surface area contributed by atoms with E-state index in [4.69, 9.17) is 11.6 Å². The molecule has 3 aromatic rings. The smallest absolute Gasteiger partial charge is 0.337 e. The normalized spacial score (nSPS) is 11.1. The summed E-state index contributed by atoms with van der Waals surface area (Å²) < 4.78 is 1.99. The standard InChI is InChI=1S/C19H18ClN5O2S/c1-2-25-18(14-6-8-15(20)9-7-14)23-24-19(25)28-12-17(27)22-21-11-13-4-3-5-16(26)10-13/h3-11H,2,12H2,1H3,(H2,22,26,27). The molecule has 1 heterocycles. The van der Waals surface area contributed by atoms with Gasteiger partial charge in [-0.15, -0.1) is 10.8 Å². The molecule has 9 heteroatoms. The Labute approximate surface area is 171 Å². The van der Waals surface area contributed by atoms with Crippen LogP contribution >= 0.6 is 23.4 Å². The van der Waals surface area contributed by atoms with Crippen molar-refractivity contribution in [3.05, 3.63) is 59.1 Å². The molecule has 2 aromatic carbocycles. The summed E-state index contributed by atoms with van der Waals surface area (Å²) in [6.45, 7) is 2.70. The van der Waals surface area contributed by atoms with E-state index in [9.17, 15) is 9.90 Å². The molecule has 144 valence electrons. The number of thioether (sulfide) groups is 1. The lowest BCUT2D eigenvalue weighted by atomic mass is 10.2. The van der Waals surface area contributed by atoms with Gasteiger partial charge in [-0.2, -0.15) is 5.10 Å².